The molecule has 0 radical (unpaired) electrons. The number of hydrogen-bond acceptors (Lipinski definition) is 6. The van der Waals surface area contributed by atoms with Gasteiger partial charge >= 0.3 is 5.97 Å². The number of aryl methyl sites for hydroxylation is 1. The lowest BCUT2D eigenvalue weighted by Crippen LogP contribution is -2.29. The number of carbonyl (C=O) groups excluding carboxylic acids is 1. The van der Waals surface area contributed by atoms with Crippen molar-refractivity contribution in [1.82, 2.24) is 14.5 Å². The predicted octanol–water partition coefficient (Wildman–Crippen LogP) is 5.91. The summed E-state index contributed by atoms with van der Waals surface area (Å²) in [6, 6.07) is 15.6. The third-order valence-electron chi connectivity index (χ3n) is 7.05. The van der Waals surface area contributed by atoms with Crippen molar-refractivity contribution in [2.75, 3.05) is 20.2 Å². The Kier molecular flexibility index (Phi) is 6.29. The molecule has 3 aromatic carbocycles. The van der Waals surface area contributed by atoms with Crippen LogP contribution in [0.5, 0.6) is 11.5 Å². The minimum Gasteiger partial charge on any atom is -0.465 e. The van der Waals surface area contributed by atoms with Crippen molar-refractivity contribution in [1.29, 1.82) is 0 Å². The van der Waals surface area contributed by atoms with Crippen molar-refractivity contribution in [3.63, 3.8) is 0 Å². The second-order valence-electron chi connectivity index (χ2n) is 9.36. The van der Waals surface area contributed by atoms with E-state index < -0.39 is 12.1 Å². The van der Waals surface area contributed by atoms with E-state index in [1.807, 2.05) is 41.9 Å². The van der Waals surface area contributed by atoms with Crippen molar-refractivity contribution >= 4 is 34.2 Å². The first-order chi connectivity index (χ1) is 18.4. The van der Waals surface area contributed by atoms with Gasteiger partial charge in [-0.25, -0.2) is 14.2 Å². The van der Waals surface area contributed by atoms with E-state index in [1.165, 1.54) is 13.2 Å². The second kappa shape index (κ2) is 9.78. The van der Waals surface area contributed by atoms with Gasteiger partial charge in [-0.1, -0.05) is 29.8 Å². The van der Waals surface area contributed by atoms with Gasteiger partial charge in [0.15, 0.2) is 11.5 Å². The van der Waals surface area contributed by atoms with E-state index in [-0.39, 0.29) is 5.97 Å². The minimum atomic E-state index is -0.860. The number of imidazole rings is 1. The summed E-state index contributed by atoms with van der Waals surface area (Å²) in [6.45, 7) is 2.25. The van der Waals surface area contributed by atoms with Gasteiger partial charge in [0.25, 0.3) is 6.29 Å². The summed E-state index contributed by atoms with van der Waals surface area (Å²) in [5.41, 5.74) is 4.65. The van der Waals surface area contributed by atoms with Crippen LogP contribution in [0.1, 0.15) is 40.0 Å². The van der Waals surface area contributed by atoms with Crippen LogP contribution in [0.3, 0.4) is 0 Å². The highest BCUT2D eigenvalue weighted by molar-refractivity contribution is 6.30. The highest BCUT2D eigenvalue weighted by Gasteiger charge is 2.31. The van der Waals surface area contributed by atoms with Gasteiger partial charge in [-0.15, -0.1) is 0 Å². The highest BCUT2D eigenvalue weighted by Crippen LogP contribution is 2.46. The number of aromatic nitrogens is 2. The van der Waals surface area contributed by atoms with Gasteiger partial charge in [-0.2, -0.15) is 0 Å². The van der Waals surface area contributed by atoms with Crippen molar-refractivity contribution in [2.45, 2.75) is 19.3 Å². The van der Waals surface area contributed by atoms with Crippen LogP contribution in [0, 0.1) is 5.82 Å². The Bertz CT molecular complexity index is 1600. The van der Waals surface area contributed by atoms with Gasteiger partial charge < -0.3 is 18.8 Å². The standard InChI is InChI=1S/C29H25ClFN3O4/c1-33-24-14-18(28(35)36-2)6-9-23(24)32-26(33)16-34-12-10-17(11-13-34)20-4-3-5-25-27(20)38-29(37-25)21-8-7-19(30)15-22(21)31/h3-10,14-15,29H,11-13,16H2,1-2H3. The minimum absolute atomic E-state index is 0.307. The van der Waals surface area contributed by atoms with Crippen LogP contribution in [0.15, 0.2) is 60.7 Å². The summed E-state index contributed by atoms with van der Waals surface area (Å²) in [5, 5.41) is 0.323. The number of rotatable bonds is 5. The maximum atomic E-state index is 14.5. The summed E-state index contributed by atoms with van der Waals surface area (Å²) in [4.78, 5) is 19.0. The zero-order valence-corrected chi connectivity index (χ0v) is 21.7. The lowest BCUT2D eigenvalue weighted by atomic mass is 9.98. The molecule has 0 N–H and O–H groups in total. The van der Waals surface area contributed by atoms with Crippen LogP contribution >= 0.6 is 11.6 Å². The molecule has 0 fully saturated rings. The van der Waals surface area contributed by atoms with E-state index >= 15 is 0 Å². The van der Waals surface area contributed by atoms with Crippen molar-refractivity contribution in [3.8, 4) is 11.5 Å². The molecule has 4 aromatic rings. The Morgan fingerprint density at radius 1 is 1.18 bits per heavy atom. The van der Waals surface area contributed by atoms with E-state index in [0.717, 1.165) is 47.5 Å². The molecule has 0 saturated carbocycles. The van der Waals surface area contributed by atoms with E-state index in [1.54, 1.807) is 18.2 Å². The molecule has 1 atom stereocenters. The number of methoxy groups -OCH3 is 1. The molecule has 6 rings (SSSR count). The first-order valence-corrected chi connectivity index (χ1v) is 12.7. The molecule has 0 amide bonds. The van der Waals surface area contributed by atoms with E-state index in [0.29, 0.717) is 34.2 Å². The molecule has 0 spiro atoms. The van der Waals surface area contributed by atoms with Crippen LogP contribution in [-0.4, -0.2) is 40.6 Å². The Balaban J connectivity index is 1.18. The molecule has 38 heavy (non-hydrogen) atoms. The smallest absolute Gasteiger partial charge is 0.337 e. The average molecular weight is 534 g/mol. The van der Waals surface area contributed by atoms with Gasteiger partial charge in [-0.3, -0.25) is 4.90 Å². The Morgan fingerprint density at radius 3 is 2.82 bits per heavy atom. The summed E-state index contributed by atoms with van der Waals surface area (Å²) < 4.78 is 33.4. The first kappa shape index (κ1) is 24.5. The number of carbonyl (C=O) groups is 1. The third-order valence-corrected chi connectivity index (χ3v) is 7.29. The zero-order chi connectivity index (χ0) is 26.4. The number of para-hydroxylation sites is 1. The van der Waals surface area contributed by atoms with Crippen LogP contribution in [0.4, 0.5) is 4.39 Å². The van der Waals surface area contributed by atoms with Gasteiger partial charge in [-0.05, 0) is 54.5 Å². The molecule has 3 heterocycles. The quantitative estimate of drug-likeness (QED) is 0.297. The Morgan fingerprint density at radius 2 is 2.05 bits per heavy atom. The fraction of sp³-hybridized carbons (Fsp3) is 0.241. The summed E-state index contributed by atoms with van der Waals surface area (Å²) in [5.74, 6) is 1.31. The fourth-order valence-electron chi connectivity index (χ4n) is 4.97. The van der Waals surface area contributed by atoms with Gasteiger partial charge in [0.1, 0.15) is 11.6 Å². The Hall–Kier alpha value is -3.88. The average Bonchev–Trinajstić information content (AvgIpc) is 3.49. The molecule has 0 aliphatic carbocycles. The van der Waals surface area contributed by atoms with Crippen LogP contribution in [0.2, 0.25) is 5.02 Å². The topological polar surface area (TPSA) is 65.8 Å². The number of benzene rings is 3. The van der Waals surface area contributed by atoms with E-state index in [4.69, 9.17) is 30.8 Å². The van der Waals surface area contributed by atoms with E-state index in [9.17, 15) is 9.18 Å². The Labute approximate surface area is 224 Å². The zero-order valence-electron chi connectivity index (χ0n) is 20.9. The fourth-order valence-corrected chi connectivity index (χ4v) is 5.13. The van der Waals surface area contributed by atoms with Gasteiger partial charge in [0.2, 0.25) is 0 Å². The SMILES string of the molecule is COC(=O)c1ccc2nc(CN3CC=C(c4cccc5c4OC(c4ccc(Cl)cc4F)O5)CC3)n(C)c2c1. The lowest BCUT2D eigenvalue weighted by molar-refractivity contribution is 0.0452. The summed E-state index contributed by atoms with van der Waals surface area (Å²) in [6.07, 6.45) is 2.15. The molecule has 2 aliphatic rings. The van der Waals surface area contributed by atoms with Crippen molar-refractivity contribution < 1.29 is 23.4 Å². The molecule has 1 unspecified atom stereocenters. The lowest BCUT2D eigenvalue weighted by Gasteiger charge is -2.26. The maximum Gasteiger partial charge on any atom is 0.337 e. The van der Waals surface area contributed by atoms with Gasteiger partial charge in [0, 0.05) is 30.7 Å². The number of hydrogen-bond donors (Lipinski definition) is 0. The molecule has 2 aliphatic heterocycles. The molecule has 0 saturated heterocycles. The largest absolute Gasteiger partial charge is 0.465 e. The van der Waals surface area contributed by atoms with Crippen molar-refractivity contribution in [2.24, 2.45) is 7.05 Å². The second-order valence-corrected chi connectivity index (χ2v) is 9.80. The summed E-state index contributed by atoms with van der Waals surface area (Å²) in [7, 11) is 3.33. The molecule has 7 nitrogen and oxygen atoms in total. The number of nitrogens with zero attached hydrogens (tertiary/aromatic N) is 3. The highest BCUT2D eigenvalue weighted by atomic mass is 35.5. The first-order valence-electron chi connectivity index (χ1n) is 12.3. The normalized spacial score (nSPS) is 17.1. The number of ether oxygens (including phenoxy) is 3. The van der Waals surface area contributed by atoms with Gasteiger partial charge in [0.05, 0.1) is 35.8 Å². The van der Waals surface area contributed by atoms with Crippen molar-refractivity contribution in [3.05, 3.63) is 94.0 Å². The number of fused-ring (bicyclic) bond motifs is 2. The molecule has 9 heteroatoms. The van der Waals surface area contributed by atoms with Crippen LogP contribution in [0.25, 0.3) is 16.6 Å². The van der Waals surface area contributed by atoms with Crippen LogP contribution < -0.4 is 9.47 Å². The number of halogens is 2. The van der Waals surface area contributed by atoms with E-state index in [2.05, 4.69) is 11.0 Å². The molecular formula is C29H25ClFN3O4. The monoisotopic (exact) mass is 533 g/mol. The molecular weight excluding hydrogens is 509 g/mol. The molecule has 1 aromatic heterocycles. The van der Waals surface area contributed by atoms with Crippen LogP contribution in [-0.2, 0) is 18.3 Å². The maximum absolute atomic E-state index is 14.5. The molecule has 194 valence electrons. The third kappa shape index (κ3) is 4.40. The number of esters is 1. The summed E-state index contributed by atoms with van der Waals surface area (Å²) >= 11 is 5.90. The predicted molar refractivity (Wildman–Crippen MR) is 142 cm³/mol. The molecule has 0 bridgehead atoms.